The SMILES string of the molecule is CC(C)N(C)CCCCNC(=O)c1ccc(Cl)nc1. The summed E-state index contributed by atoms with van der Waals surface area (Å²) in [6.45, 7) is 6.09. The van der Waals surface area contributed by atoms with Crippen LogP contribution in [0.4, 0.5) is 0 Å². The molecule has 4 nitrogen and oxygen atoms in total. The largest absolute Gasteiger partial charge is 0.352 e. The molecule has 0 saturated carbocycles. The Balaban J connectivity index is 2.19. The molecule has 0 aliphatic heterocycles. The topological polar surface area (TPSA) is 45.2 Å². The van der Waals surface area contributed by atoms with E-state index in [0.29, 0.717) is 23.3 Å². The zero-order valence-electron chi connectivity index (χ0n) is 11.8. The minimum atomic E-state index is -0.0959. The highest BCUT2D eigenvalue weighted by Gasteiger charge is 2.05. The molecule has 1 N–H and O–H groups in total. The van der Waals surface area contributed by atoms with Gasteiger partial charge in [0.25, 0.3) is 5.91 Å². The third-order valence-electron chi connectivity index (χ3n) is 3.09. The minimum Gasteiger partial charge on any atom is -0.352 e. The molecule has 1 rings (SSSR count). The molecule has 0 aliphatic rings. The van der Waals surface area contributed by atoms with Crippen LogP contribution < -0.4 is 5.32 Å². The van der Waals surface area contributed by atoms with Crippen LogP contribution in [0.2, 0.25) is 5.15 Å². The summed E-state index contributed by atoms with van der Waals surface area (Å²) in [7, 11) is 2.11. The predicted octanol–water partition coefficient (Wildman–Crippen LogP) is 2.59. The summed E-state index contributed by atoms with van der Waals surface area (Å²) >= 11 is 5.67. The van der Waals surface area contributed by atoms with Crippen molar-refractivity contribution in [3.05, 3.63) is 29.0 Å². The van der Waals surface area contributed by atoms with Crippen molar-refractivity contribution < 1.29 is 4.79 Å². The van der Waals surface area contributed by atoms with E-state index in [4.69, 9.17) is 11.6 Å². The Morgan fingerprint density at radius 2 is 2.16 bits per heavy atom. The van der Waals surface area contributed by atoms with Gasteiger partial charge in [-0.15, -0.1) is 0 Å². The van der Waals surface area contributed by atoms with Crippen LogP contribution in [0.25, 0.3) is 0 Å². The third-order valence-corrected chi connectivity index (χ3v) is 3.32. The quantitative estimate of drug-likeness (QED) is 0.618. The fourth-order valence-electron chi connectivity index (χ4n) is 1.56. The summed E-state index contributed by atoms with van der Waals surface area (Å²) in [4.78, 5) is 17.9. The molecule has 0 aromatic carbocycles. The number of halogens is 1. The second-order valence-corrected chi connectivity index (χ2v) is 5.29. The maximum absolute atomic E-state index is 11.8. The second kappa shape index (κ2) is 8.12. The first-order chi connectivity index (χ1) is 9.00. The molecule has 0 bridgehead atoms. The lowest BCUT2D eigenvalue weighted by molar-refractivity contribution is 0.0952. The molecule has 1 aromatic rings. The van der Waals surface area contributed by atoms with Gasteiger partial charge in [0, 0.05) is 18.8 Å². The Kier molecular flexibility index (Phi) is 6.81. The van der Waals surface area contributed by atoms with Gasteiger partial charge in [-0.2, -0.15) is 0 Å². The summed E-state index contributed by atoms with van der Waals surface area (Å²) in [5, 5.41) is 3.28. The number of pyridine rings is 1. The van der Waals surface area contributed by atoms with E-state index in [2.05, 4.69) is 36.1 Å². The zero-order chi connectivity index (χ0) is 14.3. The number of carbonyl (C=O) groups excluding carboxylic acids is 1. The van der Waals surface area contributed by atoms with Crippen molar-refractivity contribution in [3.63, 3.8) is 0 Å². The lowest BCUT2D eigenvalue weighted by atomic mass is 10.2. The molecule has 0 fully saturated rings. The molecular weight excluding hydrogens is 262 g/mol. The van der Waals surface area contributed by atoms with Crippen LogP contribution in [0, 0.1) is 0 Å². The van der Waals surface area contributed by atoms with Gasteiger partial charge in [-0.3, -0.25) is 4.79 Å². The van der Waals surface area contributed by atoms with Crippen LogP contribution in [0.3, 0.4) is 0 Å². The van der Waals surface area contributed by atoms with Crippen LogP contribution >= 0.6 is 11.6 Å². The predicted molar refractivity (Wildman–Crippen MR) is 78.6 cm³/mol. The third kappa shape index (κ3) is 6.03. The fourth-order valence-corrected chi connectivity index (χ4v) is 1.67. The van der Waals surface area contributed by atoms with Gasteiger partial charge in [0.05, 0.1) is 5.56 Å². The smallest absolute Gasteiger partial charge is 0.252 e. The number of carbonyl (C=O) groups is 1. The number of hydrogen-bond donors (Lipinski definition) is 1. The zero-order valence-corrected chi connectivity index (χ0v) is 12.6. The Bertz CT molecular complexity index is 392. The number of rotatable bonds is 7. The van der Waals surface area contributed by atoms with Crippen molar-refractivity contribution in [2.75, 3.05) is 20.1 Å². The van der Waals surface area contributed by atoms with E-state index >= 15 is 0 Å². The Hall–Kier alpha value is -1.13. The molecule has 106 valence electrons. The van der Waals surface area contributed by atoms with Crippen molar-refractivity contribution in [1.82, 2.24) is 15.2 Å². The molecule has 0 saturated heterocycles. The highest BCUT2D eigenvalue weighted by molar-refractivity contribution is 6.29. The molecule has 0 spiro atoms. The average Bonchev–Trinajstić information content (AvgIpc) is 2.38. The van der Waals surface area contributed by atoms with Gasteiger partial charge in [0.1, 0.15) is 5.15 Å². The molecule has 19 heavy (non-hydrogen) atoms. The number of nitrogens with zero attached hydrogens (tertiary/aromatic N) is 2. The van der Waals surface area contributed by atoms with Crippen LogP contribution in [0.15, 0.2) is 18.3 Å². The van der Waals surface area contributed by atoms with E-state index in [1.54, 1.807) is 12.1 Å². The van der Waals surface area contributed by atoms with E-state index in [0.717, 1.165) is 19.4 Å². The van der Waals surface area contributed by atoms with E-state index in [1.165, 1.54) is 6.20 Å². The summed E-state index contributed by atoms with van der Waals surface area (Å²) < 4.78 is 0. The number of hydrogen-bond acceptors (Lipinski definition) is 3. The maximum atomic E-state index is 11.8. The second-order valence-electron chi connectivity index (χ2n) is 4.91. The first-order valence-corrected chi connectivity index (χ1v) is 6.98. The molecule has 0 atom stereocenters. The maximum Gasteiger partial charge on any atom is 0.252 e. The molecule has 0 radical (unpaired) electrons. The van der Waals surface area contributed by atoms with Gasteiger partial charge < -0.3 is 10.2 Å². The lowest BCUT2D eigenvalue weighted by Crippen LogP contribution is -2.29. The lowest BCUT2D eigenvalue weighted by Gasteiger charge is -2.20. The number of aromatic nitrogens is 1. The molecule has 1 heterocycles. The number of amides is 1. The van der Waals surface area contributed by atoms with Gasteiger partial charge in [-0.1, -0.05) is 11.6 Å². The van der Waals surface area contributed by atoms with Gasteiger partial charge in [-0.25, -0.2) is 4.98 Å². The van der Waals surface area contributed by atoms with Crippen molar-refractivity contribution in [3.8, 4) is 0 Å². The first-order valence-electron chi connectivity index (χ1n) is 6.60. The van der Waals surface area contributed by atoms with Crippen LogP contribution in [0.1, 0.15) is 37.0 Å². The summed E-state index contributed by atoms with van der Waals surface area (Å²) in [5.41, 5.74) is 0.545. The van der Waals surface area contributed by atoms with E-state index in [9.17, 15) is 4.79 Å². The van der Waals surface area contributed by atoms with E-state index in [-0.39, 0.29) is 5.91 Å². The normalized spacial score (nSPS) is 11.1. The highest BCUT2D eigenvalue weighted by atomic mass is 35.5. The Morgan fingerprint density at radius 3 is 2.74 bits per heavy atom. The van der Waals surface area contributed by atoms with Crippen molar-refractivity contribution >= 4 is 17.5 Å². The van der Waals surface area contributed by atoms with E-state index in [1.807, 2.05) is 0 Å². The molecule has 1 aromatic heterocycles. The monoisotopic (exact) mass is 283 g/mol. The van der Waals surface area contributed by atoms with Gasteiger partial charge in [-0.05, 0) is 52.4 Å². The number of nitrogens with one attached hydrogen (secondary N) is 1. The highest BCUT2D eigenvalue weighted by Crippen LogP contribution is 2.05. The van der Waals surface area contributed by atoms with Gasteiger partial charge >= 0.3 is 0 Å². The first kappa shape index (κ1) is 15.9. The molecule has 0 aliphatic carbocycles. The standard InChI is InChI=1S/C14H22ClN3O/c1-11(2)18(3)9-5-4-8-16-14(19)12-6-7-13(15)17-10-12/h6-7,10-11H,4-5,8-9H2,1-3H3,(H,16,19). The van der Waals surface area contributed by atoms with Gasteiger partial charge in [0.15, 0.2) is 0 Å². The van der Waals surface area contributed by atoms with Crippen LogP contribution in [0.5, 0.6) is 0 Å². The van der Waals surface area contributed by atoms with Crippen LogP contribution in [-0.2, 0) is 0 Å². The summed E-state index contributed by atoms with van der Waals surface area (Å²) in [5.74, 6) is -0.0959. The van der Waals surface area contributed by atoms with Gasteiger partial charge in [0.2, 0.25) is 0 Å². The molecule has 5 heteroatoms. The van der Waals surface area contributed by atoms with E-state index < -0.39 is 0 Å². The van der Waals surface area contributed by atoms with Crippen molar-refractivity contribution in [1.29, 1.82) is 0 Å². The summed E-state index contributed by atoms with van der Waals surface area (Å²) in [6, 6.07) is 3.86. The van der Waals surface area contributed by atoms with Crippen molar-refractivity contribution in [2.24, 2.45) is 0 Å². The minimum absolute atomic E-state index is 0.0959. The molecule has 0 unspecified atom stereocenters. The summed E-state index contributed by atoms with van der Waals surface area (Å²) in [6.07, 6.45) is 3.54. The fraction of sp³-hybridized carbons (Fsp3) is 0.571. The number of unbranched alkanes of at least 4 members (excludes halogenated alkanes) is 1. The van der Waals surface area contributed by atoms with Crippen molar-refractivity contribution in [2.45, 2.75) is 32.7 Å². The molecule has 1 amide bonds. The molecular formula is C14H22ClN3O. The Morgan fingerprint density at radius 1 is 1.42 bits per heavy atom. The van der Waals surface area contributed by atoms with Crippen LogP contribution in [-0.4, -0.2) is 42.0 Å². The average molecular weight is 284 g/mol. The Labute approximate surface area is 120 Å².